The number of thiophene rings is 1. The molecule has 0 radical (unpaired) electrons. The summed E-state index contributed by atoms with van der Waals surface area (Å²) in [6.07, 6.45) is 1.00. The van der Waals surface area contributed by atoms with Crippen molar-refractivity contribution in [2.24, 2.45) is 0 Å². The van der Waals surface area contributed by atoms with Crippen LogP contribution < -0.4 is 5.32 Å². The molecule has 1 aromatic heterocycles. The molecule has 1 unspecified atom stereocenters. The molecule has 1 atom stereocenters. The first-order chi connectivity index (χ1) is 8.77. The Hall–Kier alpha value is -1.45. The average Bonchev–Trinajstić information content (AvgIpc) is 2.83. The summed E-state index contributed by atoms with van der Waals surface area (Å²) in [4.78, 5) is 13.5. The summed E-state index contributed by atoms with van der Waals surface area (Å²) in [7, 11) is 0. The van der Waals surface area contributed by atoms with Crippen LogP contribution >= 0.6 is 11.3 Å². The molecule has 0 fully saturated rings. The van der Waals surface area contributed by atoms with Gasteiger partial charge in [-0.2, -0.15) is 0 Å². The van der Waals surface area contributed by atoms with Gasteiger partial charge in [-0.1, -0.05) is 24.3 Å². The Morgan fingerprint density at radius 2 is 2.17 bits per heavy atom. The topological polar surface area (TPSA) is 29.1 Å². The molecular weight excluding hydrogens is 242 g/mol. The van der Waals surface area contributed by atoms with E-state index in [1.54, 1.807) is 0 Å². The Balaban J connectivity index is 2.00. The van der Waals surface area contributed by atoms with Crippen molar-refractivity contribution in [2.45, 2.75) is 19.4 Å². The lowest BCUT2D eigenvalue weighted by Crippen LogP contribution is -2.35. The molecule has 1 aliphatic heterocycles. The zero-order valence-corrected chi connectivity index (χ0v) is 11.1. The Morgan fingerprint density at radius 3 is 2.94 bits per heavy atom. The van der Waals surface area contributed by atoms with E-state index in [2.05, 4.69) is 17.4 Å². The molecule has 3 rings (SSSR count). The molecule has 0 saturated heterocycles. The SMILES string of the molecule is Cc1ccsc1C(=O)C1NCCc2ccccc21. The number of hydrogen-bond acceptors (Lipinski definition) is 3. The van der Waals surface area contributed by atoms with Gasteiger partial charge < -0.3 is 5.32 Å². The number of nitrogens with one attached hydrogen (secondary N) is 1. The fraction of sp³-hybridized carbons (Fsp3) is 0.267. The van der Waals surface area contributed by atoms with Crippen molar-refractivity contribution in [1.82, 2.24) is 5.32 Å². The normalized spacial score (nSPS) is 18.4. The zero-order valence-electron chi connectivity index (χ0n) is 10.3. The number of carbonyl (C=O) groups is 1. The molecule has 1 aliphatic rings. The second-order valence-electron chi connectivity index (χ2n) is 4.63. The first kappa shape index (κ1) is 11.6. The highest BCUT2D eigenvalue weighted by atomic mass is 32.1. The number of aryl methyl sites for hydroxylation is 1. The number of carbonyl (C=O) groups excluding carboxylic acids is 1. The van der Waals surface area contributed by atoms with Crippen LogP contribution in [0, 0.1) is 6.92 Å². The highest BCUT2D eigenvalue weighted by Gasteiger charge is 2.27. The van der Waals surface area contributed by atoms with E-state index >= 15 is 0 Å². The van der Waals surface area contributed by atoms with E-state index < -0.39 is 0 Å². The van der Waals surface area contributed by atoms with Crippen molar-refractivity contribution in [3.63, 3.8) is 0 Å². The monoisotopic (exact) mass is 257 g/mol. The zero-order chi connectivity index (χ0) is 12.5. The van der Waals surface area contributed by atoms with E-state index in [4.69, 9.17) is 0 Å². The van der Waals surface area contributed by atoms with E-state index in [9.17, 15) is 4.79 Å². The van der Waals surface area contributed by atoms with Gasteiger partial charge in [0, 0.05) is 6.54 Å². The molecule has 1 aromatic carbocycles. The fourth-order valence-electron chi connectivity index (χ4n) is 2.49. The van der Waals surface area contributed by atoms with Gasteiger partial charge in [0.2, 0.25) is 0 Å². The first-order valence-electron chi connectivity index (χ1n) is 6.17. The molecule has 2 heterocycles. The smallest absolute Gasteiger partial charge is 0.194 e. The van der Waals surface area contributed by atoms with Crippen LogP contribution in [0.3, 0.4) is 0 Å². The standard InChI is InChI=1S/C15H15NOS/c1-10-7-9-18-15(10)14(17)13-12-5-3-2-4-11(12)6-8-16-13/h2-5,7,9,13,16H,6,8H2,1H3. The molecule has 2 aromatic rings. The van der Waals surface area contributed by atoms with Gasteiger partial charge >= 0.3 is 0 Å². The predicted octanol–water partition coefficient (Wildman–Crippen LogP) is 3.13. The molecule has 3 heteroatoms. The van der Waals surface area contributed by atoms with Gasteiger partial charge in [-0.25, -0.2) is 0 Å². The largest absolute Gasteiger partial charge is 0.303 e. The summed E-state index contributed by atoms with van der Waals surface area (Å²) in [5.74, 6) is 0.203. The Bertz CT molecular complexity index is 588. The highest BCUT2D eigenvalue weighted by molar-refractivity contribution is 7.12. The number of fused-ring (bicyclic) bond motifs is 1. The third kappa shape index (κ3) is 1.89. The van der Waals surface area contributed by atoms with Gasteiger partial charge in [-0.15, -0.1) is 11.3 Å². The minimum Gasteiger partial charge on any atom is -0.303 e. The van der Waals surface area contributed by atoms with E-state index in [0.29, 0.717) is 0 Å². The van der Waals surface area contributed by atoms with Crippen LogP contribution in [0.5, 0.6) is 0 Å². The molecule has 0 aliphatic carbocycles. The number of benzene rings is 1. The van der Waals surface area contributed by atoms with Crippen LogP contribution in [0.2, 0.25) is 0 Å². The van der Waals surface area contributed by atoms with E-state index in [1.807, 2.05) is 30.5 Å². The van der Waals surface area contributed by atoms with E-state index in [1.165, 1.54) is 16.9 Å². The van der Waals surface area contributed by atoms with Crippen LogP contribution in [-0.2, 0) is 6.42 Å². The highest BCUT2D eigenvalue weighted by Crippen LogP contribution is 2.28. The van der Waals surface area contributed by atoms with Gasteiger partial charge in [0.1, 0.15) is 0 Å². The third-order valence-electron chi connectivity index (χ3n) is 3.46. The Labute approximate surface area is 111 Å². The molecule has 2 nitrogen and oxygen atoms in total. The maximum absolute atomic E-state index is 12.6. The van der Waals surface area contributed by atoms with Gasteiger partial charge in [0.15, 0.2) is 5.78 Å². The van der Waals surface area contributed by atoms with E-state index in [-0.39, 0.29) is 11.8 Å². The minimum atomic E-state index is -0.174. The van der Waals surface area contributed by atoms with Gasteiger partial charge in [-0.3, -0.25) is 4.79 Å². The predicted molar refractivity (Wildman–Crippen MR) is 74.3 cm³/mol. The maximum Gasteiger partial charge on any atom is 0.194 e. The van der Waals surface area contributed by atoms with Gasteiger partial charge in [0.05, 0.1) is 10.9 Å². The summed E-state index contributed by atoms with van der Waals surface area (Å²) in [6.45, 7) is 2.87. The van der Waals surface area contributed by atoms with Crippen LogP contribution in [0.4, 0.5) is 0 Å². The lowest BCUT2D eigenvalue weighted by Gasteiger charge is -2.25. The van der Waals surface area contributed by atoms with Crippen molar-refractivity contribution < 1.29 is 4.79 Å². The third-order valence-corrected chi connectivity index (χ3v) is 4.49. The number of ketones is 1. The molecule has 1 N–H and O–H groups in total. The molecule has 0 saturated carbocycles. The van der Waals surface area contributed by atoms with Crippen LogP contribution in [0.25, 0.3) is 0 Å². The maximum atomic E-state index is 12.6. The summed E-state index contributed by atoms with van der Waals surface area (Å²) in [6, 6.07) is 10.1. The molecule has 92 valence electrons. The minimum absolute atomic E-state index is 0.174. The number of hydrogen-bond donors (Lipinski definition) is 1. The molecule has 0 amide bonds. The fourth-order valence-corrected chi connectivity index (χ4v) is 3.39. The lowest BCUT2D eigenvalue weighted by molar-refractivity contribution is 0.0943. The Morgan fingerprint density at radius 1 is 1.33 bits per heavy atom. The van der Waals surface area contributed by atoms with Crippen molar-refractivity contribution in [3.05, 3.63) is 57.3 Å². The molecule has 0 bridgehead atoms. The van der Waals surface area contributed by atoms with Crippen molar-refractivity contribution in [3.8, 4) is 0 Å². The van der Waals surface area contributed by atoms with Crippen LogP contribution in [-0.4, -0.2) is 12.3 Å². The molecule has 18 heavy (non-hydrogen) atoms. The average molecular weight is 257 g/mol. The molecule has 0 spiro atoms. The second kappa shape index (κ2) is 4.67. The van der Waals surface area contributed by atoms with Gasteiger partial charge in [0.25, 0.3) is 0 Å². The number of Topliss-reactive ketones (excluding diaryl/α,β-unsaturated/α-hetero) is 1. The van der Waals surface area contributed by atoms with Gasteiger partial charge in [-0.05, 0) is 41.5 Å². The molecular formula is C15H15NOS. The van der Waals surface area contributed by atoms with Crippen LogP contribution in [0.15, 0.2) is 35.7 Å². The van der Waals surface area contributed by atoms with Crippen molar-refractivity contribution >= 4 is 17.1 Å². The lowest BCUT2D eigenvalue weighted by atomic mass is 9.91. The van der Waals surface area contributed by atoms with Crippen molar-refractivity contribution in [2.75, 3.05) is 6.54 Å². The second-order valence-corrected chi connectivity index (χ2v) is 5.55. The summed E-state index contributed by atoms with van der Waals surface area (Å²) >= 11 is 1.54. The van der Waals surface area contributed by atoms with Crippen molar-refractivity contribution in [1.29, 1.82) is 0 Å². The Kier molecular flexibility index (Phi) is 3.02. The first-order valence-corrected chi connectivity index (χ1v) is 7.05. The van der Waals surface area contributed by atoms with Crippen LogP contribution in [0.1, 0.15) is 32.4 Å². The summed E-state index contributed by atoms with van der Waals surface area (Å²) in [5, 5.41) is 5.33. The summed E-state index contributed by atoms with van der Waals surface area (Å²) in [5.41, 5.74) is 3.51. The van der Waals surface area contributed by atoms with E-state index in [0.717, 1.165) is 29.0 Å². The number of rotatable bonds is 2. The summed E-state index contributed by atoms with van der Waals surface area (Å²) < 4.78 is 0. The quantitative estimate of drug-likeness (QED) is 0.837.